The minimum Gasteiger partial charge on any atom is -0.135 e. The normalized spacial score (nSPS) is 12.1. The van der Waals surface area contributed by atoms with E-state index in [1.54, 1.807) is 0 Å². The number of fused-ring (bicyclic) bond motifs is 17. The van der Waals surface area contributed by atoms with Gasteiger partial charge in [-0.05, 0) is 124 Å². The molecule has 1 heteroatoms. The molecule has 226 valence electrons. The summed E-state index contributed by atoms with van der Waals surface area (Å²) in [5, 5.41) is 10.4. The highest BCUT2D eigenvalue weighted by Crippen LogP contribution is 2.51. The molecule has 0 saturated carbocycles. The standard InChI is InChI=1S/C48H28S/c1-5-15-35-31(11-1)32-12-2-8-18-38(32)44-27-42-36-16-6-3-13-33(36)34-14-4-7-17-37(34)43(42)28-45(44)39-23-21-29(25-41(35)39)30-22-24-48-46(26-30)40-19-9-10-20-47(40)49-48/h1-28H. The number of hydrogen-bond donors (Lipinski definition) is 0. The van der Waals surface area contributed by atoms with Crippen molar-refractivity contribution in [3.8, 4) is 55.6 Å². The van der Waals surface area contributed by atoms with Crippen molar-refractivity contribution in [2.24, 2.45) is 0 Å². The predicted octanol–water partition coefficient (Wildman–Crippen LogP) is 14.2. The van der Waals surface area contributed by atoms with Crippen LogP contribution in [0.25, 0.3) is 108 Å². The van der Waals surface area contributed by atoms with Crippen molar-refractivity contribution in [3.63, 3.8) is 0 Å². The SMILES string of the molecule is c1ccc2c(c1)-c1ccccc1-c1cc3c4ccccc4c4ccccc4c3cc1-c1ccc(-c3ccc4sc5ccccc5c4c3)cc1-2. The van der Waals surface area contributed by atoms with Crippen LogP contribution in [0.1, 0.15) is 0 Å². The Balaban J connectivity index is 1.25. The molecule has 0 N–H and O–H groups in total. The quantitative estimate of drug-likeness (QED) is 0.157. The Bertz CT molecular complexity index is 2990. The molecule has 9 aromatic carbocycles. The van der Waals surface area contributed by atoms with Crippen molar-refractivity contribution in [1.29, 1.82) is 0 Å². The van der Waals surface area contributed by atoms with E-state index in [1.165, 1.54) is 108 Å². The molecule has 49 heavy (non-hydrogen) atoms. The summed E-state index contributed by atoms with van der Waals surface area (Å²) in [4.78, 5) is 0. The molecular weight excluding hydrogens is 609 g/mol. The summed E-state index contributed by atoms with van der Waals surface area (Å²) >= 11 is 1.87. The zero-order valence-electron chi connectivity index (χ0n) is 26.6. The number of rotatable bonds is 1. The summed E-state index contributed by atoms with van der Waals surface area (Å²) in [5.41, 5.74) is 12.6. The van der Waals surface area contributed by atoms with Gasteiger partial charge in [0, 0.05) is 20.2 Å². The van der Waals surface area contributed by atoms with Gasteiger partial charge in [0.25, 0.3) is 0 Å². The smallest absolute Gasteiger partial charge is 0.0355 e. The molecule has 1 aliphatic carbocycles. The van der Waals surface area contributed by atoms with E-state index in [2.05, 4.69) is 170 Å². The van der Waals surface area contributed by atoms with E-state index in [0.29, 0.717) is 0 Å². The van der Waals surface area contributed by atoms with Crippen LogP contribution in [0.4, 0.5) is 0 Å². The summed E-state index contributed by atoms with van der Waals surface area (Å²) in [5.74, 6) is 0. The van der Waals surface area contributed by atoms with E-state index in [4.69, 9.17) is 0 Å². The Labute approximate surface area is 288 Å². The van der Waals surface area contributed by atoms with Crippen molar-refractivity contribution in [2.75, 3.05) is 0 Å². The van der Waals surface area contributed by atoms with E-state index in [-0.39, 0.29) is 0 Å². The molecule has 0 amide bonds. The zero-order chi connectivity index (χ0) is 32.1. The van der Waals surface area contributed by atoms with Gasteiger partial charge in [0.1, 0.15) is 0 Å². The fraction of sp³-hybridized carbons (Fsp3) is 0. The van der Waals surface area contributed by atoms with Gasteiger partial charge < -0.3 is 0 Å². The first-order valence-corrected chi connectivity index (χ1v) is 17.7. The Hall–Kier alpha value is -6.02. The van der Waals surface area contributed by atoms with Crippen LogP contribution in [0, 0.1) is 0 Å². The van der Waals surface area contributed by atoms with E-state index in [0.717, 1.165) is 0 Å². The van der Waals surface area contributed by atoms with Gasteiger partial charge in [0.05, 0.1) is 0 Å². The van der Waals surface area contributed by atoms with Crippen LogP contribution < -0.4 is 0 Å². The second-order valence-electron chi connectivity index (χ2n) is 13.2. The van der Waals surface area contributed by atoms with Crippen molar-refractivity contribution in [3.05, 3.63) is 170 Å². The molecule has 0 bridgehead atoms. The highest BCUT2D eigenvalue weighted by Gasteiger charge is 2.24. The van der Waals surface area contributed by atoms with Crippen LogP contribution in [0.5, 0.6) is 0 Å². The molecule has 1 heterocycles. The molecule has 0 spiro atoms. The molecule has 1 aromatic heterocycles. The van der Waals surface area contributed by atoms with E-state index < -0.39 is 0 Å². The van der Waals surface area contributed by atoms with Crippen LogP contribution in [0.2, 0.25) is 0 Å². The molecule has 0 radical (unpaired) electrons. The summed E-state index contributed by atoms with van der Waals surface area (Å²) in [7, 11) is 0. The van der Waals surface area contributed by atoms with E-state index in [9.17, 15) is 0 Å². The first-order valence-electron chi connectivity index (χ1n) is 16.9. The summed E-state index contributed by atoms with van der Waals surface area (Å²) < 4.78 is 2.67. The highest BCUT2D eigenvalue weighted by atomic mass is 32.1. The minimum absolute atomic E-state index is 1.23. The summed E-state index contributed by atoms with van der Waals surface area (Å²) in [6.45, 7) is 0. The monoisotopic (exact) mass is 636 g/mol. The van der Waals surface area contributed by atoms with Crippen LogP contribution in [0.15, 0.2) is 170 Å². The van der Waals surface area contributed by atoms with Gasteiger partial charge in [-0.2, -0.15) is 0 Å². The van der Waals surface area contributed by atoms with Gasteiger partial charge in [-0.15, -0.1) is 11.3 Å². The lowest BCUT2D eigenvalue weighted by Crippen LogP contribution is -1.98. The molecular formula is C48H28S. The van der Waals surface area contributed by atoms with Gasteiger partial charge in [-0.25, -0.2) is 0 Å². The third-order valence-corrected chi connectivity index (χ3v) is 11.8. The topological polar surface area (TPSA) is 0 Å². The Morgan fingerprint density at radius 3 is 1.20 bits per heavy atom. The first-order chi connectivity index (χ1) is 24.3. The minimum atomic E-state index is 1.23. The third kappa shape index (κ3) is 3.91. The lowest BCUT2D eigenvalue weighted by Gasteiger charge is -2.25. The number of thiophene rings is 1. The van der Waals surface area contributed by atoms with Gasteiger partial charge in [-0.3, -0.25) is 0 Å². The van der Waals surface area contributed by atoms with E-state index in [1.807, 2.05) is 11.3 Å². The molecule has 0 atom stereocenters. The van der Waals surface area contributed by atoms with Crippen molar-refractivity contribution in [2.45, 2.75) is 0 Å². The summed E-state index contributed by atoms with van der Waals surface area (Å²) in [6, 6.07) is 63.5. The lowest BCUT2D eigenvalue weighted by molar-refractivity contribution is 1.53. The Morgan fingerprint density at radius 2 is 0.612 bits per heavy atom. The van der Waals surface area contributed by atoms with Crippen LogP contribution >= 0.6 is 11.3 Å². The highest BCUT2D eigenvalue weighted by molar-refractivity contribution is 7.25. The average Bonchev–Trinajstić information content (AvgIpc) is 3.55. The molecule has 10 aromatic rings. The summed E-state index contributed by atoms with van der Waals surface area (Å²) in [6.07, 6.45) is 0. The fourth-order valence-corrected chi connectivity index (χ4v) is 9.48. The predicted molar refractivity (Wildman–Crippen MR) is 213 cm³/mol. The largest absolute Gasteiger partial charge is 0.135 e. The number of benzene rings is 9. The molecule has 0 nitrogen and oxygen atoms in total. The van der Waals surface area contributed by atoms with Crippen LogP contribution in [0.3, 0.4) is 0 Å². The molecule has 0 fully saturated rings. The van der Waals surface area contributed by atoms with Gasteiger partial charge in [0.15, 0.2) is 0 Å². The lowest BCUT2D eigenvalue weighted by atomic mass is 9.78. The van der Waals surface area contributed by atoms with Gasteiger partial charge >= 0.3 is 0 Å². The van der Waals surface area contributed by atoms with E-state index >= 15 is 0 Å². The molecule has 0 unspecified atom stereocenters. The van der Waals surface area contributed by atoms with Crippen molar-refractivity contribution >= 4 is 63.8 Å². The fourth-order valence-electron chi connectivity index (χ4n) is 8.39. The maximum Gasteiger partial charge on any atom is 0.0355 e. The third-order valence-electron chi connectivity index (χ3n) is 10.6. The molecule has 1 aliphatic rings. The maximum absolute atomic E-state index is 2.48. The molecule has 11 rings (SSSR count). The van der Waals surface area contributed by atoms with Crippen LogP contribution in [-0.4, -0.2) is 0 Å². The maximum atomic E-state index is 2.48. The van der Waals surface area contributed by atoms with Crippen molar-refractivity contribution in [1.82, 2.24) is 0 Å². The van der Waals surface area contributed by atoms with Gasteiger partial charge in [0.2, 0.25) is 0 Å². The van der Waals surface area contributed by atoms with Crippen LogP contribution in [-0.2, 0) is 0 Å². The number of hydrogen-bond acceptors (Lipinski definition) is 1. The Morgan fingerprint density at radius 1 is 0.224 bits per heavy atom. The molecule has 0 aliphatic heterocycles. The average molecular weight is 637 g/mol. The van der Waals surface area contributed by atoms with Gasteiger partial charge in [-0.1, -0.05) is 133 Å². The zero-order valence-corrected chi connectivity index (χ0v) is 27.4. The second-order valence-corrected chi connectivity index (χ2v) is 14.3. The first kappa shape index (κ1) is 27.0. The second kappa shape index (κ2) is 10.2. The Kier molecular flexibility index (Phi) is 5.64. The van der Waals surface area contributed by atoms with Crippen molar-refractivity contribution < 1.29 is 0 Å². The molecule has 0 saturated heterocycles.